The molecule has 0 spiro atoms. The van der Waals surface area contributed by atoms with Crippen molar-refractivity contribution in [2.75, 3.05) is 19.8 Å². The summed E-state index contributed by atoms with van der Waals surface area (Å²) in [4.78, 5) is 0. The molecule has 16 heavy (non-hydrogen) atoms. The molecule has 1 aromatic heterocycles. The lowest BCUT2D eigenvalue weighted by Crippen LogP contribution is -2.22. The largest absolute Gasteiger partial charge is 0.381 e. The zero-order valence-corrected chi connectivity index (χ0v) is 9.77. The third kappa shape index (κ3) is 3.32. The number of aryl methyl sites for hydroxylation is 1. The predicted octanol–water partition coefficient (Wildman–Crippen LogP) is 1.20. The number of ether oxygens (including phenoxy) is 1. The fourth-order valence-electron chi connectivity index (χ4n) is 2.16. The van der Waals surface area contributed by atoms with Crippen LogP contribution in [-0.4, -0.2) is 29.5 Å². The highest BCUT2D eigenvalue weighted by Crippen LogP contribution is 2.15. The molecule has 1 aromatic rings. The first kappa shape index (κ1) is 11.6. The first-order chi connectivity index (χ1) is 7.88. The molecule has 90 valence electrons. The van der Waals surface area contributed by atoms with Crippen molar-refractivity contribution in [2.45, 2.75) is 32.2 Å². The van der Waals surface area contributed by atoms with Crippen molar-refractivity contribution in [3.8, 4) is 0 Å². The van der Waals surface area contributed by atoms with E-state index < -0.39 is 0 Å². The van der Waals surface area contributed by atoms with E-state index in [4.69, 9.17) is 10.5 Å². The Morgan fingerprint density at radius 1 is 1.56 bits per heavy atom. The Morgan fingerprint density at radius 2 is 2.50 bits per heavy atom. The van der Waals surface area contributed by atoms with E-state index in [1.807, 2.05) is 10.9 Å². The maximum absolute atomic E-state index is 5.49. The first-order valence-corrected chi connectivity index (χ1v) is 6.17. The molecule has 1 aliphatic heterocycles. The van der Waals surface area contributed by atoms with Crippen molar-refractivity contribution in [1.29, 1.82) is 0 Å². The van der Waals surface area contributed by atoms with Crippen LogP contribution >= 0.6 is 0 Å². The summed E-state index contributed by atoms with van der Waals surface area (Å²) in [6.45, 7) is 3.56. The highest BCUT2D eigenvalue weighted by atomic mass is 16.5. The molecule has 1 fully saturated rings. The number of hydrogen-bond acceptors (Lipinski definition) is 3. The maximum atomic E-state index is 5.49. The summed E-state index contributed by atoms with van der Waals surface area (Å²) in [7, 11) is 0. The van der Waals surface area contributed by atoms with Crippen LogP contribution in [0.1, 0.15) is 24.8 Å². The summed E-state index contributed by atoms with van der Waals surface area (Å²) in [6, 6.07) is 0. The minimum atomic E-state index is 0.635. The molecule has 4 heteroatoms. The molecule has 0 unspecified atom stereocenters. The topological polar surface area (TPSA) is 53.1 Å². The van der Waals surface area contributed by atoms with Crippen LogP contribution in [0, 0.1) is 5.92 Å². The molecule has 1 atom stereocenters. The van der Waals surface area contributed by atoms with Gasteiger partial charge in [-0.15, -0.1) is 0 Å². The second kappa shape index (κ2) is 6.01. The molecule has 4 nitrogen and oxygen atoms in total. The Kier molecular flexibility index (Phi) is 4.36. The summed E-state index contributed by atoms with van der Waals surface area (Å²) < 4.78 is 7.52. The Morgan fingerprint density at radius 3 is 3.25 bits per heavy atom. The van der Waals surface area contributed by atoms with Crippen LogP contribution in [0.3, 0.4) is 0 Å². The van der Waals surface area contributed by atoms with Gasteiger partial charge >= 0.3 is 0 Å². The van der Waals surface area contributed by atoms with Crippen molar-refractivity contribution >= 4 is 0 Å². The molecular weight excluding hydrogens is 202 g/mol. The molecule has 0 saturated carbocycles. The molecule has 0 bridgehead atoms. The number of nitrogens with zero attached hydrogens (tertiary/aromatic N) is 2. The van der Waals surface area contributed by atoms with E-state index in [0.717, 1.165) is 39.1 Å². The van der Waals surface area contributed by atoms with E-state index >= 15 is 0 Å². The molecule has 2 rings (SSSR count). The van der Waals surface area contributed by atoms with Crippen molar-refractivity contribution in [2.24, 2.45) is 11.7 Å². The van der Waals surface area contributed by atoms with Crippen LogP contribution in [-0.2, 0) is 17.7 Å². The van der Waals surface area contributed by atoms with Gasteiger partial charge < -0.3 is 10.5 Å². The van der Waals surface area contributed by atoms with Gasteiger partial charge in [0, 0.05) is 25.3 Å². The summed E-state index contributed by atoms with van der Waals surface area (Å²) in [5.41, 5.74) is 6.78. The molecule has 0 aromatic carbocycles. The van der Waals surface area contributed by atoms with Gasteiger partial charge in [0.1, 0.15) is 0 Å². The van der Waals surface area contributed by atoms with Gasteiger partial charge in [-0.3, -0.25) is 4.68 Å². The van der Waals surface area contributed by atoms with Gasteiger partial charge in [-0.1, -0.05) is 0 Å². The van der Waals surface area contributed by atoms with Crippen LogP contribution in [0.2, 0.25) is 0 Å². The molecule has 0 radical (unpaired) electrons. The Balaban J connectivity index is 1.81. The molecule has 1 saturated heterocycles. The summed E-state index contributed by atoms with van der Waals surface area (Å²) in [5.74, 6) is 0.635. The predicted molar refractivity (Wildman–Crippen MR) is 63.1 cm³/mol. The summed E-state index contributed by atoms with van der Waals surface area (Å²) in [5, 5.41) is 4.38. The van der Waals surface area contributed by atoms with Crippen LogP contribution in [0.5, 0.6) is 0 Å². The van der Waals surface area contributed by atoms with E-state index in [2.05, 4.69) is 11.3 Å². The molecular formula is C12H21N3O. The van der Waals surface area contributed by atoms with Crippen LogP contribution in [0.4, 0.5) is 0 Å². The number of hydrogen-bond donors (Lipinski definition) is 1. The molecule has 1 aliphatic rings. The minimum absolute atomic E-state index is 0.635. The van der Waals surface area contributed by atoms with E-state index in [-0.39, 0.29) is 0 Å². The van der Waals surface area contributed by atoms with Gasteiger partial charge in [0.05, 0.1) is 12.8 Å². The Hall–Kier alpha value is -0.870. The van der Waals surface area contributed by atoms with Crippen molar-refractivity contribution < 1.29 is 4.74 Å². The quantitative estimate of drug-likeness (QED) is 0.816. The van der Waals surface area contributed by atoms with Crippen LogP contribution in [0.15, 0.2) is 12.4 Å². The van der Waals surface area contributed by atoms with Crippen LogP contribution in [0.25, 0.3) is 0 Å². The van der Waals surface area contributed by atoms with Gasteiger partial charge in [0.25, 0.3) is 0 Å². The zero-order valence-electron chi connectivity index (χ0n) is 9.77. The average molecular weight is 223 g/mol. The fraction of sp³-hybridized carbons (Fsp3) is 0.750. The fourth-order valence-corrected chi connectivity index (χ4v) is 2.16. The molecule has 2 heterocycles. The number of rotatable bonds is 5. The third-order valence-electron chi connectivity index (χ3n) is 3.06. The van der Waals surface area contributed by atoms with Crippen molar-refractivity contribution in [3.63, 3.8) is 0 Å². The van der Waals surface area contributed by atoms with Gasteiger partial charge in [-0.05, 0) is 37.8 Å². The van der Waals surface area contributed by atoms with E-state index in [0.29, 0.717) is 5.92 Å². The van der Waals surface area contributed by atoms with Gasteiger partial charge in [-0.25, -0.2) is 0 Å². The molecule has 0 aliphatic carbocycles. The number of aromatic nitrogens is 2. The maximum Gasteiger partial charge on any atom is 0.0521 e. The monoisotopic (exact) mass is 223 g/mol. The second-order valence-electron chi connectivity index (χ2n) is 4.55. The normalized spacial score (nSPS) is 21.2. The number of nitrogens with two attached hydrogens (primary N) is 1. The van der Waals surface area contributed by atoms with Gasteiger partial charge in [-0.2, -0.15) is 5.10 Å². The summed E-state index contributed by atoms with van der Waals surface area (Å²) >= 11 is 0. The standard InChI is InChI=1S/C12H21N3O/c13-5-1-3-11-7-14-15(8-11)9-12-4-2-6-16-10-12/h7-8,12H,1-6,9-10,13H2/t12-/m1/s1. The van der Waals surface area contributed by atoms with E-state index in [1.165, 1.54) is 18.4 Å². The van der Waals surface area contributed by atoms with Gasteiger partial charge in [0.2, 0.25) is 0 Å². The lowest BCUT2D eigenvalue weighted by Gasteiger charge is -2.21. The smallest absolute Gasteiger partial charge is 0.0521 e. The van der Waals surface area contributed by atoms with Gasteiger partial charge in [0.15, 0.2) is 0 Å². The SMILES string of the molecule is NCCCc1cnn(C[C@H]2CCCOC2)c1. The Labute approximate surface area is 96.8 Å². The van der Waals surface area contributed by atoms with E-state index in [1.54, 1.807) is 0 Å². The highest BCUT2D eigenvalue weighted by Gasteiger charge is 2.14. The molecule has 2 N–H and O–H groups in total. The van der Waals surface area contributed by atoms with Crippen molar-refractivity contribution in [1.82, 2.24) is 9.78 Å². The Bertz CT molecular complexity index is 305. The minimum Gasteiger partial charge on any atom is -0.381 e. The first-order valence-electron chi connectivity index (χ1n) is 6.17. The van der Waals surface area contributed by atoms with E-state index in [9.17, 15) is 0 Å². The zero-order chi connectivity index (χ0) is 11.2. The lowest BCUT2D eigenvalue weighted by molar-refractivity contribution is 0.0470. The summed E-state index contributed by atoms with van der Waals surface area (Å²) in [6.07, 6.45) is 8.63. The third-order valence-corrected chi connectivity index (χ3v) is 3.06. The lowest BCUT2D eigenvalue weighted by atomic mass is 10.0. The average Bonchev–Trinajstić information content (AvgIpc) is 2.75. The van der Waals surface area contributed by atoms with Crippen molar-refractivity contribution in [3.05, 3.63) is 18.0 Å². The highest BCUT2D eigenvalue weighted by molar-refractivity contribution is 5.03. The van der Waals surface area contributed by atoms with Crippen LogP contribution < -0.4 is 5.73 Å². The molecule has 0 amide bonds. The second-order valence-corrected chi connectivity index (χ2v) is 4.55.